The van der Waals surface area contributed by atoms with Crippen LogP contribution in [0.3, 0.4) is 0 Å². The molecule has 114 valence electrons. The molecule has 2 rings (SSSR count). The second-order valence-electron chi connectivity index (χ2n) is 5.39. The zero-order chi connectivity index (χ0) is 15.6. The highest BCUT2D eigenvalue weighted by Crippen LogP contribution is 2.36. The lowest BCUT2D eigenvalue weighted by Gasteiger charge is -2.35. The molecule has 1 aromatic rings. The van der Waals surface area contributed by atoms with Gasteiger partial charge < -0.3 is 15.8 Å². The lowest BCUT2D eigenvalue weighted by molar-refractivity contribution is -0.130. The molecule has 6 nitrogen and oxygen atoms in total. The minimum Gasteiger partial charge on any atom is -0.478 e. The lowest BCUT2D eigenvalue weighted by Crippen LogP contribution is -2.51. The highest BCUT2D eigenvalue weighted by Gasteiger charge is 2.37. The van der Waals surface area contributed by atoms with Crippen molar-refractivity contribution in [3.63, 3.8) is 0 Å². The van der Waals surface area contributed by atoms with Crippen LogP contribution in [0, 0.1) is 5.92 Å². The van der Waals surface area contributed by atoms with E-state index in [4.69, 9.17) is 10.5 Å². The molecule has 0 saturated heterocycles. The number of rotatable bonds is 4. The van der Waals surface area contributed by atoms with Gasteiger partial charge in [-0.1, -0.05) is 19.9 Å². The van der Waals surface area contributed by atoms with Crippen LogP contribution in [-0.4, -0.2) is 31.5 Å². The van der Waals surface area contributed by atoms with Crippen molar-refractivity contribution in [1.82, 2.24) is 5.32 Å². The van der Waals surface area contributed by atoms with E-state index < -0.39 is 6.10 Å². The molecule has 1 unspecified atom stereocenters. The third-order valence-corrected chi connectivity index (χ3v) is 3.50. The van der Waals surface area contributed by atoms with Gasteiger partial charge in [0.05, 0.1) is 5.69 Å². The Morgan fingerprint density at radius 1 is 1.48 bits per heavy atom. The molecule has 2 amide bonds. The molecule has 0 spiro atoms. The molecule has 21 heavy (non-hydrogen) atoms. The monoisotopic (exact) mass is 291 g/mol. The van der Waals surface area contributed by atoms with Gasteiger partial charge in [0, 0.05) is 13.6 Å². The first-order valence-electron chi connectivity index (χ1n) is 6.99. The van der Waals surface area contributed by atoms with Crippen LogP contribution in [0.5, 0.6) is 5.75 Å². The zero-order valence-corrected chi connectivity index (χ0v) is 12.6. The van der Waals surface area contributed by atoms with Gasteiger partial charge in [0.25, 0.3) is 5.91 Å². The summed E-state index contributed by atoms with van der Waals surface area (Å²) in [6.07, 6.45) is -0.578. The average Bonchev–Trinajstić information content (AvgIpc) is 2.48. The molecule has 1 aliphatic rings. The van der Waals surface area contributed by atoms with E-state index >= 15 is 0 Å². The Labute approximate surface area is 124 Å². The topological polar surface area (TPSA) is 84.7 Å². The third-order valence-electron chi connectivity index (χ3n) is 3.50. The minimum atomic E-state index is -0.578. The number of carbonyl (C=O) groups is 2. The summed E-state index contributed by atoms with van der Waals surface area (Å²) in [5.74, 6) is 0.202. The summed E-state index contributed by atoms with van der Waals surface area (Å²) in [5, 5.41) is 2.54. The summed E-state index contributed by atoms with van der Waals surface area (Å²) in [7, 11) is 1.55. The van der Waals surface area contributed by atoms with Crippen molar-refractivity contribution in [2.24, 2.45) is 11.7 Å². The Morgan fingerprint density at radius 2 is 2.19 bits per heavy atom. The highest BCUT2D eigenvalue weighted by atomic mass is 16.5. The summed E-state index contributed by atoms with van der Waals surface area (Å²) >= 11 is 0. The van der Waals surface area contributed by atoms with Crippen molar-refractivity contribution in [2.45, 2.75) is 26.5 Å². The molecule has 1 atom stereocenters. The molecule has 0 aliphatic carbocycles. The van der Waals surface area contributed by atoms with Gasteiger partial charge in [-0.3, -0.25) is 14.5 Å². The fraction of sp³-hybridized carbons (Fsp3) is 0.467. The first-order valence-corrected chi connectivity index (χ1v) is 6.99. The maximum atomic E-state index is 12.6. The summed E-state index contributed by atoms with van der Waals surface area (Å²) in [6.45, 7) is 4.17. The van der Waals surface area contributed by atoms with E-state index in [9.17, 15) is 9.59 Å². The van der Waals surface area contributed by atoms with Crippen LogP contribution in [0.1, 0.15) is 19.4 Å². The number of hydrogen-bond acceptors (Lipinski definition) is 4. The van der Waals surface area contributed by atoms with Gasteiger partial charge in [-0.2, -0.15) is 0 Å². The molecule has 0 radical (unpaired) electrons. The van der Waals surface area contributed by atoms with E-state index in [2.05, 4.69) is 5.32 Å². The van der Waals surface area contributed by atoms with Gasteiger partial charge in [-0.15, -0.1) is 0 Å². The number of likely N-dealkylation sites (N-methyl/N-ethyl adjacent to an activating group) is 1. The quantitative estimate of drug-likeness (QED) is 0.852. The number of anilines is 1. The van der Waals surface area contributed by atoms with Crippen LogP contribution in [0.2, 0.25) is 0 Å². The number of carbonyl (C=O) groups excluding carboxylic acids is 2. The Hall–Kier alpha value is -2.08. The van der Waals surface area contributed by atoms with Crippen molar-refractivity contribution in [3.05, 3.63) is 23.8 Å². The minimum absolute atomic E-state index is 0.0204. The van der Waals surface area contributed by atoms with Crippen molar-refractivity contribution in [2.75, 3.05) is 18.5 Å². The Balaban J connectivity index is 2.44. The standard InChI is InChI=1S/C15H21N3O3/c1-9(2)14-15(20)18(8-13(19)17-3)11-6-10(7-16)4-5-12(11)21-14/h4-6,9,14H,7-8,16H2,1-3H3,(H,17,19). The largest absolute Gasteiger partial charge is 0.478 e. The fourth-order valence-electron chi connectivity index (χ4n) is 2.27. The SMILES string of the molecule is CNC(=O)CN1C(=O)C(C(C)C)Oc2ccc(CN)cc21. The average molecular weight is 291 g/mol. The molecule has 0 bridgehead atoms. The molecular formula is C15H21N3O3. The van der Waals surface area contributed by atoms with E-state index in [0.717, 1.165) is 5.56 Å². The number of nitrogens with two attached hydrogens (primary N) is 1. The van der Waals surface area contributed by atoms with Crippen LogP contribution >= 0.6 is 0 Å². The molecular weight excluding hydrogens is 270 g/mol. The van der Waals surface area contributed by atoms with Crippen LogP contribution in [-0.2, 0) is 16.1 Å². The second-order valence-corrected chi connectivity index (χ2v) is 5.39. The zero-order valence-electron chi connectivity index (χ0n) is 12.6. The van der Waals surface area contributed by atoms with Gasteiger partial charge in [0.15, 0.2) is 6.10 Å². The molecule has 1 aromatic carbocycles. The Morgan fingerprint density at radius 3 is 2.76 bits per heavy atom. The number of benzene rings is 1. The van der Waals surface area contributed by atoms with Crippen molar-refractivity contribution < 1.29 is 14.3 Å². The number of nitrogens with zero attached hydrogens (tertiary/aromatic N) is 1. The fourth-order valence-corrected chi connectivity index (χ4v) is 2.27. The number of hydrogen-bond donors (Lipinski definition) is 2. The predicted molar refractivity (Wildman–Crippen MR) is 80.0 cm³/mol. The number of amides is 2. The van der Waals surface area contributed by atoms with Gasteiger partial charge in [-0.25, -0.2) is 0 Å². The van der Waals surface area contributed by atoms with Crippen molar-refractivity contribution >= 4 is 17.5 Å². The molecule has 0 aromatic heterocycles. The van der Waals surface area contributed by atoms with Gasteiger partial charge in [0.1, 0.15) is 12.3 Å². The lowest BCUT2D eigenvalue weighted by atomic mass is 10.0. The van der Waals surface area contributed by atoms with Crippen LogP contribution < -0.4 is 20.7 Å². The Bertz CT molecular complexity index is 557. The van der Waals surface area contributed by atoms with Gasteiger partial charge >= 0.3 is 0 Å². The molecule has 3 N–H and O–H groups in total. The maximum Gasteiger partial charge on any atom is 0.268 e. The van der Waals surface area contributed by atoms with E-state index in [0.29, 0.717) is 18.0 Å². The van der Waals surface area contributed by atoms with Crippen LogP contribution in [0.25, 0.3) is 0 Å². The molecule has 6 heteroatoms. The van der Waals surface area contributed by atoms with Crippen LogP contribution in [0.4, 0.5) is 5.69 Å². The van der Waals surface area contributed by atoms with Gasteiger partial charge in [0.2, 0.25) is 5.91 Å². The summed E-state index contributed by atoms with van der Waals surface area (Å²) < 4.78 is 5.79. The molecule has 0 saturated carbocycles. The first kappa shape index (κ1) is 15.3. The molecule has 1 heterocycles. The van der Waals surface area contributed by atoms with E-state index in [1.807, 2.05) is 19.9 Å². The second kappa shape index (κ2) is 6.13. The van der Waals surface area contributed by atoms with Crippen molar-refractivity contribution in [3.8, 4) is 5.75 Å². The predicted octanol–water partition coefficient (Wildman–Crippen LogP) is 0.641. The highest BCUT2D eigenvalue weighted by molar-refractivity contribution is 6.04. The van der Waals surface area contributed by atoms with Crippen LogP contribution in [0.15, 0.2) is 18.2 Å². The van der Waals surface area contributed by atoms with E-state index in [1.165, 1.54) is 4.90 Å². The smallest absolute Gasteiger partial charge is 0.268 e. The number of nitrogens with one attached hydrogen (secondary N) is 1. The van der Waals surface area contributed by atoms with E-state index in [-0.39, 0.29) is 24.3 Å². The maximum absolute atomic E-state index is 12.6. The Kier molecular flexibility index (Phi) is 4.47. The normalized spacial score (nSPS) is 17.5. The summed E-state index contributed by atoms with van der Waals surface area (Å²) in [4.78, 5) is 25.7. The summed E-state index contributed by atoms with van der Waals surface area (Å²) in [5.41, 5.74) is 7.13. The first-order chi connectivity index (χ1) is 9.97. The van der Waals surface area contributed by atoms with Gasteiger partial charge in [-0.05, 0) is 23.6 Å². The summed E-state index contributed by atoms with van der Waals surface area (Å²) in [6, 6.07) is 5.47. The number of ether oxygens (including phenoxy) is 1. The van der Waals surface area contributed by atoms with Crippen molar-refractivity contribution in [1.29, 1.82) is 0 Å². The molecule has 0 fully saturated rings. The molecule has 1 aliphatic heterocycles. The van der Waals surface area contributed by atoms with E-state index in [1.54, 1.807) is 19.2 Å². The number of fused-ring (bicyclic) bond motifs is 1. The third kappa shape index (κ3) is 3.00.